The Bertz CT molecular complexity index is 992. The maximum Gasteiger partial charge on any atom is 0.287 e. The van der Waals surface area contributed by atoms with Gasteiger partial charge in [0.25, 0.3) is 5.91 Å². The molecule has 0 atom stereocenters. The molecule has 1 aliphatic rings. The van der Waals surface area contributed by atoms with E-state index in [0.29, 0.717) is 23.7 Å². The summed E-state index contributed by atoms with van der Waals surface area (Å²) in [6.07, 6.45) is 0.267. The van der Waals surface area contributed by atoms with Gasteiger partial charge in [0, 0.05) is 55.2 Å². The molecule has 1 N–H and O–H groups in total. The molecule has 0 spiro atoms. The Morgan fingerprint density at radius 2 is 1.79 bits per heavy atom. The first kappa shape index (κ1) is 19.3. The van der Waals surface area contributed by atoms with E-state index >= 15 is 0 Å². The van der Waals surface area contributed by atoms with E-state index < -0.39 is 0 Å². The Morgan fingerprint density at radius 3 is 2.55 bits per heavy atom. The number of para-hydroxylation sites is 1. The van der Waals surface area contributed by atoms with Gasteiger partial charge in [-0.2, -0.15) is 0 Å². The first-order valence-electron chi connectivity index (χ1n) is 9.65. The van der Waals surface area contributed by atoms with Crippen LogP contribution in [0.2, 0.25) is 5.02 Å². The van der Waals surface area contributed by atoms with Gasteiger partial charge in [-0.1, -0.05) is 35.9 Å². The average Bonchev–Trinajstić information content (AvgIpc) is 3.18. The number of nitrogens with zero attached hydrogens (tertiary/aromatic N) is 2. The molecule has 2 heterocycles. The maximum absolute atomic E-state index is 12.5. The first-order chi connectivity index (χ1) is 14.1. The zero-order valence-electron chi connectivity index (χ0n) is 15.9. The lowest BCUT2D eigenvalue weighted by molar-refractivity contribution is -0.131. The number of nitrogens with one attached hydrogen (secondary N) is 1. The van der Waals surface area contributed by atoms with Gasteiger partial charge in [0.15, 0.2) is 5.76 Å². The number of hydrogen-bond acceptors (Lipinski definition) is 4. The zero-order valence-corrected chi connectivity index (χ0v) is 16.7. The molecule has 4 rings (SSSR count). The molecular weight excluding hydrogens is 390 g/mol. The van der Waals surface area contributed by atoms with Gasteiger partial charge in [-0.15, -0.1) is 0 Å². The van der Waals surface area contributed by atoms with E-state index in [4.69, 9.17) is 16.0 Å². The van der Waals surface area contributed by atoms with Crippen LogP contribution in [-0.4, -0.2) is 49.4 Å². The lowest BCUT2D eigenvalue weighted by Crippen LogP contribution is -2.49. The van der Waals surface area contributed by atoms with Crippen LogP contribution in [0.3, 0.4) is 0 Å². The van der Waals surface area contributed by atoms with Gasteiger partial charge in [-0.25, -0.2) is 0 Å². The van der Waals surface area contributed by atoms with Crippen molar-refractivity contribution in [1.29, 1.82) is 0 Å². The molecule has 0 radical (unpaired) electrons. The highest BCUT2D eigenvalue weighted by Gasteiger charge is 2.21. The predicted octanol–water partition coefficient (Wildman–Crippen LogP) is 3.55. The highest BCUT2D eigenvalue weighted by atomic mass is 35.5. The third-order valence-corrected chi connectivity index (χ3v) is 5.31. The number of hydrogen-bond donors (Lipinski definition) is 1. The number of furan rings is 1. The summed E-state index contributed by atoms with van der Waals surface area (Å²) in [5.74, 6) is -0.00536. The summed E-state index contributed by atoms with van der Waals surface area (Å²) in [6, 6.07) is 16.9. The summed E-state index contributed by atoms with van der Waals surface area (Å²) in [4.78, 5) is 28.8. The van der Waals surface area contributed by atoms with Crippen molar-refractivity contribution in [2.45, 2.75) is 6.42 Å². The summed E-state index contributed by atoms with van der Waals surface area (Å²) in [5.41, 5.74) is 1.74. The minimum Gasteiger partial charge on any atom is -0.451 e. The van der Waals surface area contributed by atoms with Crippen LogP contribution in [0.15, 0.2) is 59.0 Å². The third-order valence-electron chi connectivity index (χ3n) is 5.08. The standard InChI is InChI=1S/C22H22ClN3O3/c23-17-5-3-6-18(15-17)25-10-12-26(13-11-25)21(27)8-9-24-22(28)20-14-16-4-1-2-7-19(16)29-20/h1-7,14-15H,8-13H2,(H,24,28). The number of piperazine rings is 1. The van der Waals surface area contributed by atoms with E-state index in [1.54, 1.807) is 6.07 Å². The van der Waals surface area contributed by atoms with Crippen molar-refractivity contribution in [3.8, 4) is 0 Å². The molecule has 7 heteroatoms. The second kappa shape index (κ2) is 8.57. The number of benzene rings is 2. The molecule has 1 aliphatic heterocycles. The SMILES string of the molecule is O=C(NCCC(=O)N1CCN(c2cccc(Cl)c2)CC1)c1cc2ccccc2o1. The summed E-state index contributed by atoms with van der Waals surface area (Å²) >= 11 is 6.06. The molecule has 150 valence electrons. The molecule has 29 heavy (non-hydrogen) atoms. The molecule has 6 nitrogen and oxygen atoms in total. The normalized spacial score (nSPS) is 14.2. The van der Waals surface area contributed by atoms with Gasteiger partial charge in [0.2, 0.25) is 5.91 Å². The number of halogens is 1. The molecule has 0 aliphatic carbocycles. The monoisotopic (exact) mass is 411 g/mol. The van der Waals surface area contributed by atoms with Crippen LogP contribution in [-0.2, 0) is 4.79 Å². The second-order valence-electron chi connectivity index (χ2n) is 7.00. The van der Waals surface area contributed by atoms with Crippen LogP contribution < -0.4 is 10.2 Å². The highest BCUT2D eigenvalue weighted by molar-refractivity contribution is 6.30. The number of carbonyl (C=O) groups is 2. The van der Waals surface area contributed by atoms with E-state index in [1.165, 1.54) is 0 Å². The van der Waals surface area contributed by atoms with E-state index in [9.17, 15) is 9.59 Å². The lowest BCUT2D eigenvalue weighted by atomic mass is 10.2. The molecule has 3 aromatic rings. The van der Waals surface area contributed by atoms with Crippen molar-refractivity contribution in [3.63, 3.8) is 0 Å². The number of anilines is 1. The smallest absolute Gasteiger partial charge is 0.287 e. The Hall–Kier alpha value is -2.99. The fourth-order valence-corrected chi connectivity index (χ4v) is 3.69. The van der Waals surface area contributed by atoms with Gasteiger partial charge < -0.3 is 19.5 Å². The van der Waals surface area contributed by atoms with Gasteiger partial charge in [-0.3, -0.25) is 9.59 Å². The molecule has 0 unspecified atom stereocenters. The Balaban J connectivity index is 1.23. The van der Waals surface area contributed by atoms with Crippen LogP contribution in [0.1, 0.15) is 17.0 Å². The van der Waals surface area contributed by atoms with E-state index in [1.807, 2.05) is 53.4 Å². The second-order valence-corrected chi connectivity index (χ2v) is 7.44. The third kappa shape index (κ3) is 4.54. The zero-order chi connectivity index (χ0) is 20.2. The van der Waals surface area contributed by atoms with Gasteiger partial charge >= 0.3 is 0 Å². The number of rotatable bonds is 5. The minimum atomic E-state index is -0.306. The van der Waals surface area contributed by atoms with Crippen LogP contribution >= 0.6 is 11.6 Å². The van der Waals surface area contributed by atoms with Crippen molar-refractivity contribution in [1.82, 2.24) is 10.2 Å². The summed E-state index contributed by atoms with van der Waals surface area (Å²) in [6.45, 7) is 3.11. The average molecular weight is 412 g/mol. The summed E-state index contributed by atoms with van der Waals surface area (Å²) in [5, 5.41) is 4.36. The number of fused-ring (bicyclic) bond motifs is 1. The van der Waals surface area contributed by atoms with E-state index in [0.717, 1.165) is 24.2 Å². The molecule has 2 amide bonds. The van der Waals surface area contributed by atoms with Crippen LogP contribution in [0.25, 0.3) is 11.0 Å². The van der Waals surface area contributed by atoms with Crippen molar-refractivity contribution < 1.29 is 14.0 Å². The van der Waals surface area contributed by atoms with Crippen LogP contribution in [0, 0.1) is 0 Å². The quantitative estimate of drug-likeness (QED) is 0.697. The molecule has 1 aromatic heterocycles. The molecular formula is C22H22ClN3O3. The van der Waals surface area contributed by atoms with Gasteiger partial charge in [0.1, 0.15) is 5.58 Å². The maximum atomic E-state index is 12.5. The van der Waals surface area contributed by atoms with Crippen LogP contribution in [0.5, 0.6) is 0 Å². The topological polar surface area (TPSA) is 65.8 Å². The van der Waals surface area contributed by atoms with Crippen molar-refractivity contribution in [2.75, 3.05) is 37.6 Å². The molecule has 2 aromatic carbocycles. The van der Waals surface area contributed by atoms with Crippen molar-refractivity contribution in [3.05, 3.63) is 65.4 Å². The van der Waals surface area contributed by atoms with E-state index in [2.05, 4.69) is 10.2 Å². The first-order valence-corrected chi connectivity index (χ1v) is 10.0. The van der Waals surface area contributed by atoms with Gasteiger partial charge in [-0.05, 0) is 30.3 Å². The molecule has 0 saturated carbocycles. The van der Waals surface area contributed by atoms with Crippen molar-refractivity contribution in [2.24, 2.45) is 0 Å². The largest absolute Gasteiger partial charge is 0.451 e. The Morgan fingerprint density at radius 1 is 1.00 bits per heavy atom. The summed E-state index contributed by atoms with van der Waals surface area (Å²) < 4.78 is 5.54. The molecule has 0 bridgehead atoms. The van der Waals surface area contributed by atoms with Crippen molar-refractivity contribution >= 4 is 40.1 Å². The fourth-order valence-electron chi connectivity index (χ4n) is 3.51. The lowest BCUT2D eigenvalue weighted by Gasteiger charge is -2.36. The Kier molecular flexibility index (Phi) is 5.71. The molecule has 1 fully saturated rings. The number of carbonyl (C=O) groups excluding carboxylic acids is 2. The van der Waals surface area contributed by atoms with Crippen LogP contribution in [0.4, 0.5) is 5.69 Å². The number of amides is 2. The minimum absolute atomic E-state index is 0.0423. The van der Waals surface area contributed by atoms with E-state index in [-0.39, 0.29) is 30.5 Å². The predicted molar refractivity (Wildman–Crippen MR) is 113 cm³/mol. The molecule has 1 saturated heterocycles. The van der Waals surface area contributed by atoms with Gasteiger partial charge in [0.05, 0.1) is 0 Å². The Labute approximate surface area is 174 Å². The highest BCUT2D eigenvalue weighted by Crippen LogP contribution is 2.21. The summed E-state index contributed by atoms with van der Waals surface area (Å²) in [7, 11) is 0. The fraction of sp³-hybridized carbons (Fsp3) is 0.273.